The number of amides is 3. The molecule has 1 aliphatic heterocycles. The minimum Gasteiger partial charge on any atom is -0.364 e. The molecular weight excluding hydrogens is 362 g/mol. The highest BCUT2D eigenvalue weighted by atomic mass is 16.2. The third kappa shape index (κ3) is 3.35. The Kier molecular flexibility index (Phi) is 4.58. The Bertz CT molecular complexity index is 1020. The van der Waals surface area contributed by atoms with Crippen LogP contribution in [0, 0.1) is 5.92 Å². The predicted octanol–water partition coefficient (Wildman–Crippen LogP) is -0.424. The summed E-state index contributed by atoms with van der Waals surface area (Å²) in [5.74, 6) is -0.705. The summed E-state index contributed by atoms with van der Waals surface area (Å²) in [4.78, 5) is 52.6. The molecule has 1 aliphatic carbocycles. The zero-order chi connectivity index (χ0) is 19.8. The van der Waals surface area contributed by atoms with Gasteiger partial charge in [-0.2, -0.15) is 5.10 Å². The molecule has 9 nitrogen and oxygen atoms in total. The molecule has 2 fully saturated rings. The lowest BCUT2D eigenvalue weighted by molar-refractivity contribution is -0.140. The smallest absolute Gasteiger partial charge is 0.275 e. The van der Waals surface area contributed by atoms with Crippen molar-refractivity contribution in [2.45, 2.75) is 19.4 Å². The van der Waals surface area contributed by atoms with Crippen LogP contribution < -0.4 is 11.3 Å². The van der Waals surface area contributed by atoms with Gasteiger partial charge in [0.2, 0.25) is 11.8 Å². The number of nitrogens with zero attached hydrogens (tertiary/aromatic N) is 4. The van der Waals surface area contributed by atoms with E-state index in [9.17, 15) is 19.2 Å². The molecule has 1 aromatic heterocycles. The summed E-state index contributed by atoms with van der Waals surface area (Å²) in [5, 5.41) is 4.69. The highest BCUT2D eigenvalue weighted by Gasteiger charge is 2.35. The molecule has 0 radical (unpaired) electrons. The lowest BCUT2D eigenvalue weighted by atomic mass is 10.1. The molecule has 4 rings (SSSR count). The lowest BCUT2D eigenvalue weighted by Gasteiger charge is -2.35. The van der Waals surface area contributed by atoms with E-state index in [1.165, 1.54) is 0 Å². The molecule has 1 saturated heterocycles. The summed E-state index contributed by atoms with van der Waals surface area (Å²) in [6.07, 6.45) is 1.91. The summed E-state index contributed by atoms with van der Waals surface area (Å²) in [6.45, 7) is 1.55. The Morgan fingerprint density at radius 1 is 1.00 bits per heavy atom. The second kappa shape index (κ2) is 7.06. The van der Waals surface area contributed by atoms with Crippen LogP contribution in [-0.2, 0) is 16.1 Å². The molecule has 146 valence electrons. The highest BCUT2D eigenvalue weighted by molar-refractivity contribution is 6.04. The van der Waals surface area contributed by atoms with Crippen LogP contribution in [-0.4, -0.2) is 63.5 Å². The van der Waals surface area contributed by atoms with E-state index >= 15 is 0 Å². The molecule has 9 heteroatoms. The van der Waals surface area contributed by atoms with Crippen molar-refractivity contribution in [2.24, 2.45) is 11.7 Å². The monoisotopic (exact) mass is 383 g/mol. The van der Waals surface area contributed by atoms with Crippen LogP contribution in [0.15, 0.2) is 29.1 Å². The first-order valence-corrected chi connectivity index (χ1v) is 9.32. The molecule has 2 aliphatic rings. The van der Waals surface area contributed by atoms with Gasteiger partial charge in [-0.3, -0.25) is 19.2 Å². The van der Waals surface area contributed by atoms with Gasteiger partial charge in [0.1, 0.15) is 6.54 Å². The van der Waals surface area contributed by atoms with Gasteiger partial charge >= 0.3 is 0 Å². The van der Waals surface area contributed by atoms with E-state index in [-0.39, 0.29) is 30.0 Å². The van der Waals surface area contributed by atoms with Crippen LogP contribution in [0.4, 0.5) is 0 Å². The summed E-state index contributed by atoms with van der Waals surface area (Å²) in [5.41, 5.74) is 4.91. The second-order valence-electron chi connectivity index (χ2n) is 7.20. The van der Waals surface area contributed by atoms with Gasteiger partial charge in [0, 0.05) is 37.5 Å². The summed E-state index contributed by atoms with van der Waals surface area (Å²) in [6, 6.07) is 6.55. The van der Waals surface area contributed by atoms with Crippen molar-refractivity contribution in [3.8, 4) is 0 Å². The van der Waals surface area contributed by atoms with Crippen molar-refractivity contribution >= 4 is 28.5 Å². The van der Waals surface area contributed by atoms with Crippen LogP contribution in [0.5, 0.6) is 0 Å². The molecule has 2 aromatic rings. The molecule has 3 amide bonds. The molecule has 2 heterocycles. The van der Waals surface area contributed by atoms with E-state index < -0.39 is 11.5 Å². The van der Waals surface area contributed by atoms with Crippen molar-refractivity contribution < 1.29 is 14.4 Å². The summed E-state index contributed by atoms with van der Waals surface area (Å²) >= 11 is 0. The Hall–Kier alpha value is -3.23. The third-order valence-electron chi connectivity index (χ3n) is 5.26. The summed E-state index contributed by atoms with van der Waals surface area (Å²) in [7, 11) is 0. The minimum atomic E-state index is -0.760. The third-order valence-corrected chi connectivity index (χ3v) is 5.26. The maximum Gasteiger partial charge on any atom is 0.275 e. The first-order chi connectivity index (χ1) is 13.5. The molecule has 2 N–H and O–H groups in total. The number of hydrogen-bond acceptors (Lipinski definition) is 5. The van der Waals surface area contributed by atoms with Crippen LogP contribution >= 0.6 is 0 Å². The van der Waals surface area contributed by atoms with Crippen molar-refractivity contribution in [1.82, 2.24) is 19.6 Å². The van der Waals surface area contributed by atoms with Crippen molar-refractivity contribution in [2.75, 3.05) is 26.2 Å². The second-order valence-corrected chi connectivity index (χ2v) is 7.20. The van der Waals surface area contributed by atoms with E-state index in [0.29, 0.717) is 37.0 Å². The van der Waals surface area contributed by atoms with Gasteiger partial charge in [0.05, 0.1) is 5.39 Å². The Balaban J connectivity index is 1.51. The van der Waals surface area contributed by atoms with Crippen LogP contribution in [0.2, 0.25) is 0 Å². The number of carbonyl (C=O) groups is 3. The van der Waals surface area contributed by atoms with Gasteiger partial charge in [-0.1, -0.05) is 18.2 Å². The fourth-order valence-electron chi connectivity index (χ4n) is 3.52. The molecule has 0 unspecified atom stereocenters. The predicted molar refractivity (Wildman–Crippen MR) is 100 cm³/mol. The molecule has 1 saturated carbocycles. The number of carbonyl (C=O) groups excluding carboxylic acids is 3. The first-order valence-electron chi connectivity index (χ1n) is 9.32. The lowest BCUT2D eigenvalue weighted by Crippen LogP contribution is -2.52. The van der Waals surface area contributed by atoms with E-state index in [1.807, 2.05) is 0 Å². The molecule has 0 atom stereocenters. The van der Waals surface area contributed by atoms with Crippen molar-refractivity contribution in [1.29, 1.82) is 0 Å². The largest absolute Gasteiger partial charge is 0.364 e. The van der Waals surface area contributed by atoms with Crippen LogP contribution in [0.3, 0.4) is 0 Å². The maximum absolute atomic E-state index is 12.7. The van der Waals surface area contributed by atoms with E-state index in [1.54, 1.807) is 34.1 Å². The number of nitrogens with two attached hydrogens (primary N) is 1. The van der Waals surface area contributed by atoms with Gasteiger partial charge in [-0.05, 0) is 18.9 Å². The fourth-order valence-corrected chi connectivity index (χ4v) is 3.52. The number of hydrogen-bond donors (Lipinski definition) is 1. The average Bonchev–Trinajstić information content (AvgIpc) is 3.55. The van der Waals surface area contributed by atoms with Gasteiger partial charge < -0.3 is 15.5 Å². The number of piperazine rings is 1. The van der Waals surface area contributed by atoms with Gasteiger partial charge in [0.15, 0.2) is 5.69 Å². The highest BCUT2D eigenvalue weighted by Crippen LogP contribution is 2.31. The number of rotatable bonds is 4. The molecular formula is C19H21N5O4. The molecule has 28 heavy (non-hydrogen) atoms. The van der Waals surface area contributed by atoms with E-state index in [0.717, 1.165) is 17.5 Å². The zero-order valence-electron chi connectivity index (χ0n) is 15.3. The quantitative estimate of drug-likeness (QED) is 0.769. The minimum absolute atomic E-state index is 0.0390. The van der Waals surface area contributed by atoms with Gasteiger partial charge in [0.25, 0.3) is 11.5 Å². The standard InChI is InChI=1S/C19H21N5O4/c20-17(26)16-13-3-1-2-4-14(13)19(28)24(21-16)11-15(25)22-7-9-23(10-8-22)18(27)12-5-6-12/h1-4,12H,5-11H2,(H2,20,26). The Morgan fingerprint density at radius 2 is 1.61 bits per heavy atom. The van der Waals surface area contributed by atoms with Gasteiger partial charge in [-0.15, -0.1) is 0 Å². The zero-order valence-corrected chi connectivity index (χ0v) is 15.3. The normalized spacial score (nSPS) is 17.0. The van der Waals surface area contributed by atoms with E-state index in [2.05, 4.69) is 5.10 Å². The first kappa shape index (κ1) is 18.1. The number of fused-ring (bicyclic) bond motifs is 1. The van der Waals surface area contributed by atoms with Crippen LogP contribution in [0.1, 0.15) is 23.3 Å². The Labute approximate surface area is 160 Å². The topological polar surface area (TPSA) is 119 Å². The molecule has 0 spiro atoms. The number of benzene rings is 1. The summed E-state index contributed by atoms with van der Waals surface area (Å²) < 4.78 is 0.993. The average molecular weight is 383 g/mol. The fraction of sp³-hybridized carbons (Fsp3) is 0.421. The van der Waals surface area contributed by atoms with E-state index in [4.69, 9.17) is 5.73 Å². The van der Waals surface area contributed by atoms with Crippen molar-refractivity contribution in [3.05, 3.63) is 40.3 Å². The van der Waals surface area contributed by atoms with Crippen LogP contribution in [0.25, 0.3) is 10.8 Å². The SMILES string of the molecule is NC(=O)c1nn(CC(=O)N2CCN(C(=O)C3CC3)CC2)c(=O)c2ccccc12. The molecule has 1 aromatic carbocycles. The van der Waals surface area contributed by atoms with Crippen molar-refractivity contribution in [3.63, 3.8) is 0 Å². The Morgan fingerprint density at radius 3 is 2.21 bits per heavy atom. The van der Waals surface area contributed by atoms with Gasteiger partial charge in [-0.25, -0.2) is 4.68 Å². The molecule has 0 bridgehead atoms. The number of primary amides is 1. The maximum atomic E-state index is 12.7. The number of aromatic nitrogens is 2.